The van der Waals surface area contributed by atoms with Gasteiger partial charge in [-0.25, -0.2) is 9.97 Å². The van der Waals surface area contributed by atoms with Crippen molar-refractivity contribution in [3.05, 3.63) is 40.7 Å². The highest BCUT2D eigenvalue weighted by molar-refractivity contribution is 6.30. The highest BCUT2D eigenvalue weighted by Crippen LogP contribution is 2.20. The number of carbonyl (C=O) groups is 1. The fourth-order valence-electron chi connectivity index (χ4n) is 1.93. The van der Waals surface area contributed by atoms with Gasteiger partial charge in [-0.05, 0) is 38.1 Å². The molecule has 1 amide bonds. The summed E-state index contributed by atoms with van der Waals surface area (Å²) in [7, 11) is 3.73. The lowest BCUT2D eigenvalue weighted by Gasteiger charge is -2.15. The molecule has 2 aromatic rings. The number of hydrogen-bond donors (Lipinski definition) is 1. The maximum Gasteiger partial charge on any atom is 0.262 e. The number of carbonyl (C=O) groups excluding carboxylic acids is 1. The van der Waals surface area contributed by atoms with Crippen molar-refractivity contribution < 1.29 is 9.53 Å². The number of anilines is 2. The molecule has 0 aliphatic carbocycles. The molecule has 2 rings (SSSR count). The molecule has 6 nitrogen and oxygen atoms in total. The number of rotatable bonds is 5. The summed E-state index contributed by atoms with van der Waals surface area (Å²) in [6.45, 7) is 3.56. The predicted octanol–water partition coefficient (Wildman–Crippen LogP) is 2.83. The van der Waals surface area contributed by atoms with Crippen LogP contribution in [-0.2, 0) is 4.79 Å². The van der Waals surface area contributed by atoms with E-state index in [-0.39, 0.29) is 12.5 Å². The van der Waals surface area contributed by atoms with Crippen LogP contribution in [0.5, 0.6) is 5.75 Å². The number of amides is 1. The number of ether oxygens (including phenoxy) is 1. The van der Waals surface area contributed by atoms with Gasteiger partial charge in [0.05, 0.1) is 17.1 Å². The molecular formula is C16H19ClN4O2. The van der Waals surface area contributed by atoms with Crippen molar-refractivity contribution in [3.63, 3.8) is 0 Å². The van der Waals surface area contributed by atoms with Crippen molar-refractivity contribution in [2.45, 2.75) is 13.8 Å². The Morgan fingerprint density at radius 3 is 2.26 bits per heavy atom. The number of nitrogens with zero attached hydrogens (tertiary/aromatic N) is 3. The van der Waals surface area contributed by atoms with Gasteiger partial charge in [-0.3, -0.25) is 4.79 Å². The lowest BCUT2D eigenvalue weighted by Crippen LogP contribution is -2.22. The van der Waals surface area contributed by atoms with Gasteiger partial charge in [-0.2, -0.15) is 0 Å². The zero-order valence-corrected chi connectivity index (χ0v) is 14.3. The quantitative estimate of drug-likeness (QED) is 0.910. The van der Waals surface area contributed by atoms with Crippen LogP contribution < -0.4 is 15.0 Å². The van der Waals surface area contributed by atoms with Gasteiger partial charge in [0, 0.05) is 19.1 Å². The van der Waals surface area contributed by atoms with E-state index >= 15 is 0 Å². The molecule has 0 unspecified atom stereocenters. The lowest BCUT2D eigenvalue weighted by atomic mass is 10.3. The van der Waals surface area contributed by atoms with Crippen molar-refractivity contribution in [1.29, 1.82) is 0 Å². The SMILES string of the molecule is Cc1nc(N(C)C)nc(C)c1NC(=O)COc1ccc(Cl)cc1. The second-order valence-corrected chi connectivity index (χ2v) is 5.69. The standard InChI is InChI=1S/C16H19ClN4O2/c1-10-15(11(2)19-16(18-10)21(3)4)20-14(22)9-23-13-7-5-12(17)6-8-13/h5-8H,9H2,1-4H3,(H,20,22). The maximum atomic E-state index is 12.0. The maximum absolute atomic E-state index is 12.0. The van der Waals surface area contributed by atoms with Gasteiger partial charge in [0.15, 0.2) is 6.61 Å². The summed E-state index contributed by atoms with van der Waals surface area (Å²) in [5.74, 6) is 0.917. The first-order valence-electron chi connectivity index (χ1n) is 7.07. The Bertz CT molecular complexity index is 679. The normalized spacial score (nSPS) is 10.3. The summed E-state index contributed by atoms with van der Waals surface area (Å²) in [6, 6.07) is 6.83. The van der Waals surface area contributed by atoms with Crippen molar-refractivity contribution in [2.24, 2.45) is 0 Å². The molecule has 0 bridgehead atoms. The fraction of sp³-hybridized carbons (Fsp3) is 0.312. The Labute approximate surface area is 140 Å². The van der Waals surface area contributed by atoms with Crippen molar-refractivity contribution in [3.8, 4) is 5.75 Å². The van der Waals surface area contributed by atoms with E-state index in [1.165, 1.54) is 0 Å². The van der Waals surface area contributed by atoms with Crippen molar-refractivity contribution in [2.75, 3.05) is 30.9 Å². The molecule has 1 aromatic carbocycles. The molecule has 0 saturated carbocycles. The van der Waals surface area contributed by atoms with Gasteiger partial charge in [0.25, 0.3) is 5.91 Å². The number of halogens is 1. The highest BCUT2D eigenvalue weighted by atomic mass is 35.5. The van der Waals surface area contributed by atoms with Gasteiger partial charge in [-0.15, -0.1) is 0 Å². The first-order chi connectivity index (χ1) is 10.9. The third-order valence-corrected chi connectivity index (χ3v) is 3.36. The number of hydrogen-bond acceptors (Lipinski definition) is 5. The predicted molar refractivity (Wildman–Crippen MR) is 91.4 cm³/mol. The number of benzene rings is 1. The molecule has 1 aromatic heterocycles. The van der Waals surface area contributed by atoms with Gasteiger partial charge < -0.3 is 15.0 Å². The molecule has 0 fully saturated rings. The minimum Gasteiger partial charge on any atom is -0.484 e. The van der Waals surface area contributed by atoms with Crippen LogP contribution in [0.1, 0.15) is 11.4 Å². The minimum atomic E-state index is -0.271. The van der Waals surface area contributed by atoms with E-state index in [1.54, 1.807) is 24.3 Å². The molecule has 0 radical (unpaired) electrons. The van der Waals surface area contributed by atoms with Gasteiger partial charge in [-0.1, -0.05) is 11.6 Å². The first kappa shape index (κ1) is 17.0. The Balaban J connectivity index is 2.01. The van der Waals surface area contributed by atoms with E-state index in [9.17, 15) is 4.79 Å². The first-order valence-corrected chi connectivity index (χ1v) is 7.45. The Morgan fingerprint density at radius 1 is 1.17 bits per heavy atom. The zero-order valence-electron chi connectivity index (χ0n) is 13.6. The second-order valence-electron chi connectivity index (χ2n) is 5.25. The van der Waals surface area contributed by atoms with Gasteiger partial charge >= 0.3 is 0 Å². The van der Waals surface area contributed by atoms with E-state index in [0.29, 0.717) is 33.8 Å². The van der Waals surface area contributed by atoms with Crippen LogP contribution in [0, 0.1) is 13.8 Å². The van der Waals surface area contributed by atoms with Crippen LogP contribution in [-0.4, -0.2) is 36.6 Å². The molecule has 0 aliphatic heterocycles. The van der Waals surface area contributed by atoms with E-state index in [0.717, 1.165) is 0 Å². The summed E-state index contributed by atoms with van der Waals surface area (Å²) < 4.78 is 5.42. The number of nitrogens with one attached hydrogen (secondary N) is 1. The monoisotopic (exact) mass is 334 g/mol. The molecule has 0 spiro atoms. The van der Waals surface area contributed by atoms with Crippen LogP contribution in [0.3, 0.4) is 0 Å². The summed E-state index contributed by atoms with van der Waals surface area (Å²) >= 11 is 5.80. The van der Waals surface area contributed by atoms with Crippen molar-refractivity contribution >= 4 is 29.1 Å². The second kappa shape index (κ2) is 7.28. The molecular weight excluding hydrogens is 316 g/mol. The van der Waals surface area contributed by atoms with Crippen LogP contribution in [0.4, 0.5) is 11.6 Å². The summed E-state index contributed by atoms with van der Waals surface area (Å²) in [4.78, 5) is 22.6. The zero-order chi connectivity index (χ0) is 17.0. The topological polar surface area (TPSA) is 67.4 Å². The smallest absolute Gasteiger partial charge is 0.262 e. The van der Waals surface area contributed by atoms with Crippen LogP contribution in [0.25, 0.3) is 0 Å². The Hall–Kier alpha value is -2.34. The highest BCUT2D eigenvalue weighted by Gasteiger charge is 2.13. The molecule has 0 atom stereocenters. The average molecular weight is 335 g/mol. The van der Waals surface area contributed by atoms with Gasteiger partial charge in [0.1, 0.15) is 5.75 Å². The van der Waals surface area contributed by atoms with Crippen LogP contribution >= 0.6 is 11.6 Å². The largest absolute Gasteiger partial charge is 0.484 e. The third-order valence-electron chi connectivity index (χ3n) is 3.11. The Kier molecular flexibility index (Phi) is 5.39. The molecule has 1 heterocycles. The number of aromatic nitrogens is 2. The number of aryl methyl sites for hydroxylation is 2. The average Bonchev–Trinajstić information content (AvgIpc) is 2.50. The molecule has 0 saturated heterocycles. The minimum absolute atomic E-state index is 0.101. The molecule has 0 aliphatic rings. The summed E-state index contributed by atoms with van der Waals surface area (Å²) in [6.07, 6.45) is 0. The van der Waals surface area contributed by atoms with Gasteiger partial charge in [0.2, 0.25) is 5.95 Å². The summed E-state index contributed by atoms with van der Waals surface area (Å²) in [5, 5.41) is 3.41. The van der Waals surface area contributed by atoms with Crippen LogP contribution in [0.15, 0.2) is 24.3 Å². The molecule has 7 heteroatoms. The lowest BCUT2D eigenvalue weighted by molar-refractivity contribution is -0.118. The molecule has 122 valence electrons. The Morgan fingerprint density at radius 2 is 1.74 bits per heavy atom. The van der Waals surface area contributed by atoms with E-state index < -0.39 is 0 Å². The summed E-state index contributed by atoms with van der Waals surface area (Å²) in [5.41, 5.74) is 2.03. The van der Waals surface area contributed by atoms with E-state index in [2.05, 4.69) is 15.3 Å². The third kappa shape index (κ3) is 4.56. The van der Waals surface area contributed by atoms with E-state index in [4.69, 9.17) is 16.3 Å². The van der Waals surface area contributed by atoms with Crippen molar-refractivity contribution in [1.82, 2.24) is 9.97 Å². The van der Waals surface area contributed by atoms with E-state index in [1.807, 2.05) is 32.8 Å². The molecule has 1 N–H and O–H groups in total. The fourth-order valence-corrected chi connectivity index (χ4v) is 2.06. The van der Waals surface area contributed by atoms with Crippen LogP contribution in [0.2, 0.25) is 5.02 Å². The molecule has 23 heavy (non-hydrogen) atoms.